The second-order valence-corrected chi connectivity index (χ2v) is 7.13. The van der Waals surface area contributed by atoms with Crippen LogP contribution in [0, 0.1) is 0 Å². The molecule has 6 nitrogen and oxygen atoms in total. The van der Waals surface area contributed by atoms with Gasteiger partial charge in [0.1, 0.15) is 0 Å². The van der Waals surface area contributed by atoms with Crippen LogP contribution >= 0.6 is 0 Å². The van der Waals surface area contributed by atoms with E-state index in [1.54, 1.807) is 24.3 Å². The van der Waals surface area contributed by atoms with Gasteiger partial charge in [-0.05, 0) is 37.1 Å². The predicted molar refractivity (Wildman–Crippen MR) is 83.9 cm³/mol. The first-order valence-corrected chi connectivity index (χ1v) is 8.97. The van der Waals surface area contributed by atoms with Crippen molar-refractivity contribution in [3.8, 4) is 0 Å². The maximum atomic E-state index is 11.9. The minimum Gasteiger partial charge on any atom is -0.335 e. The first-order chi connectivity index (χ1) is 9.92. The summed E-state index contributed by atoms with van der Waals surface area (Å²) in [6.07, 6.45) is 6.73. The second kappa shape index (κ2) is 6.80. The van der Waals surface area contributed by atoms with Gasteiger partial charge in [-0.15, -0.1) is 0 Å². The van der Waals surface area contributed by atoms with Gasteiger partial charge in [-0.1, -0.05) is 19.3 Å². The largest absolute Gasteiger partial charge is 0.335 e. The zero-order valence-corrected chi connectivity index (χ0v) is 12.9. The van der Waals surface area contributed by atoms with Crippen LogP contribution in [-0.4, -0.2) is 26.7 Å². The maximum absolute atomic E-state index is 11.9. The molecule has 1 aromatic rings. The Bertz CT molecular complexity index is 578. The van der Waals surface area contributed by atoms with Gasteiger partial charge < -0.3 is 10.6 Å². The Morgan fingerprint density at radius 2 is 1.62 bits per heavy atom. The van der Waals surface area contributed by atoms with Gasteiger partial charge in [0.15, 0.2) is 0 Å². The molecule has 0 saturated heterocycles. The molecule has 0 heterocycles. The zero-order chi connectivity index (χ0) is 15.3. The Labute approximate surface area is 125 Å². The highest BCUT2D eigenvalue weighted by Crippen LogP contribution is 2.18. The van der Waals surface area contributed by atoms with Crippen LogP contribution in [0.1, 0.15) is 32.1 Å². The first kappa shape index (κ1) is 15.6. The molecule has 2 amide bonds. The van der Waals surface area contributed by atoms with Gasteiger partial charge in [0.05, 0.1) is 6.26 Å². The smallest absolute Gasteiger partial charge is 0.319 e. The molecule has 21 heavy (non-hydrogen) atoms. The van der Waals surface area contributed by atoms with E-state index in [9.17, 15) is 13.2 Å². The van der Waals surface area contributed by atoms with Crippen LogP contribution in [0.15, 0.2) is 24.3 Å². The summed E-state index contributed by atoms with van der Waals surface area (Å²) in [7, 11) is -3.28. The number of hydrogen-bond acceptors (Lipinski definition) is 3. The number of nitrogens with one attached hydrogen (secondary N) is 3. The first-order valence-electron chi connectivity index (χ1n) is 7.08. The lowest BCUT2D eigenvalue weighted by molar-refractivity contribution is 0.244. The molecule has 0 radical (unpaired) electrons. The highest BCUT2D eigenvalue weighted by atomic mass is 32.2. The summed E-state index contributed by atoms with van der Waals surface area (Å²) in [4.78, 5) is 11.9. The van der Waals surface area contributed by atoms with E-state index >= 15 is 0 Å². The van der Waals surface area contributed by atoms with Crippen LogP contribution in [0.4, 0.5) is 16.2 Å². The SMILES string of the molecule is CS(=O)(=O)Nc1ccc(NC(=O)NC2CCCCC2)cc1. The lowest BCUT2D eigenvalue weighted by Gasteiger charge is -2.22. The van der Waals surface area contributed by atoms with E-state index in [0.29, 0.717) is 11.4 Å². The number of carbonyl (C=O) groups is 1. The van der Waals surface area contributed by atoms with Gasteiger partial charge in [0.2, 0.25) is 10.0 Å². The number of rotatable bonds is 4. The summed E-state index contributed by atoms with van der Waals surface area (Å²) in [5.41, 5.74) is 1.10. The lowest BCUT2D eigenvalue weighted by atomic mass is 9.96. The minimum atomic E-state index is -3.28. The number of amides is 2. The van der Waals surface area contributed by atoms with E-state index in [1.165, 1.54) is 6.42 Å². The van der Waals surface area contributed by atoms with Crippen molar-refractivity contribution >= 4 is 27.4 Å². The Hall–Kier alpha value is -1.76. The van der Waals surface area contributed by atoms with Crippen molar-refractivity contribution in [2.45, 2.75) is 38.1 Å². The molecule has 0 bridgehead atoms. The van der Waals surface area contributed by atoms with Crippen molar-refractivity contribution in [1.82, 2.24) is 5.32 Å². The molecule has 0 unspecified atom stereocenters. The van der Waals surface area contributed by atoms with Crippen LogP contribution in [0.5, 0.6) is 0 Å². The molecule has 7 heteroatoms. The molecule has 1 saturated carbocycles. The van der Waals surface area contributed by atoms with E-state index in [-0.39, 0.29) is 12.1 Å². The van der Waals surface area contributed by atoms with E-state index in [1.807, 2.05) is 0 Å². The zero-order valence-electron chi connectivity index (χ0n) is 12.1. The monoisotopic (exact) mass is 311 g/mol. The Balaban J connectivity index is 1.86. The van der Waals surface area contributed by atoms with Crippen LogP contribution < -0.4 is 15.4 Å². The maximum Gasteiger partial charge on any atom is 0.319 e. The summed E-state index contributed by atoms with van der Waals surface area (Å²) in [5, 5.41) is 5.71. The molecule has 0 aliphatic heterocycles. The molecular weight excluding hydrogens is 290 g/mol. The standard InChI is InChI=1S/C14H21N3O3S/c1-21(19,20)17-13-9-7-12(8-10-13)16-14(18)15-11-5-3-2-4-6-11/h7-11,17H,2-6H2,1H3,(H2,15,16,18). The Morgan fingerprint density at radius 1 is 1.05 bits per heavy atom. The van der Waals surface area contributed by atoms with Crippen molar-refractivity contribution in [3.63, 3.8) is 0 Å². The number of carbonyl (C=O) groups excluding carboxylic acids is 1. The third kappa shape index (κ3) is 5.63. The average molecular weight is 311 g/mol. The molecule has 0 spiro atoms. The van der Waals surface area contributed by atoms with E-state index in [2.05, 4.69) is 15.4 Å². The topological polar surface area (TPSA) is 87.3 Å². The molecule has 0 atom stereocenters. The second-order valence-electron chi connectivity index (χ2n) is 5.38. The van der Waals surface area contributed by atoms with Crippen molar-refractivity contribution < 1.29 is 13.2 Å². The van der Waals surface area contributed by atoms with Crippen LogP contribution in [-0.2, 0) is 10.0 Å². The van der Waals surface area contributed by atoms with Gasteiger partial charge >= 0.3 is 6.03 Å². The number of urea groups is 1. The summed E-state index contributed by atoms with van der Waals surface area (Å²) >= 11 is 0. The van der Waals surface area contributed by atoms with Crippen LogP contribution in [0.3, 0.4) is 0 Å². The molecule has 116 valence electrons. The van der Waals surface area contributed by atoms with Gasteiger partial charge in [0, 0.05) is 17.4 Å². The molecule has 1 aromatic carbocycles. The van der Waals surface area contributed by atoms with E-state index in [4.69, 9.17) is 0 Å². The van der Waals surface area contributed by atoms with E-state index < -0.39 is 10.0 Å². The number of sulfonamides is 1. The third-order valence-electron chi connectivity index (χ3n) is 3.39. The Morgan fingerprint density at radius 3 is 2.19 bits per heavy atom. The molecular formula is C14H21N3O3S. The molecule has 1 aliphatic carbocycles. The van der Waals surface area contributed by atoms with E-state index in [0.717, 1.165) is 31.9 Å². The predicted octanol–water partition coefficient (Wildman–Crippen LogP) is 2.51. The molecule has 0 aromatic heterocycles. The van der Waals surface area contributed by atoms with Crippen molar-refractivity contribution in [2.75, 3.05) is 16.3 Å². The average Bonchev–Trinajstić information content (AvgIpc) is 2.40. The summed E-state index contributed by atoms with van der Waals surface area (Å²) in [6.45, 7) is 0. The molecule has 3 N–H and O–H groups in total. The lowest BCUT2D eigenvalue weighted by Crippen LogP contribution is -2.38. The highest BCUT2D eigenvalue weighted by molar-refractivity contribution is 7.92. The number of anilines is 2. The molecule has 2 rings (SSSR count). The van der Waals surface area contributed by atoms with Crippen LogP contribution in [0.25, 0.3) is 0 Å². The van der Waals surface area contributed by atoms with Gasteiger partial charge in [-0.25, -0.2) is 13.2 Å². The minimum absolute atomic E-state index is 0.217. The number of benzene rings is 1. The number of hydrogen-bond donors (Lipinski definition) is 3. The summed E-state index contributed by atoms with van der Waals surface area (Å²) < 4.78 is 24.6. The fraction of sp³-hybridized carbons (Fsp3) is 0.500. The van der Waals surface area contributed by atoms with Crippen molar-refractivity contribution in [1.29, 1.82) is 0 Å². The van der Waals surface area contributed by atoms with Gasteiger partial charge in [-0.2, -0.15) is 0 Å². The van der Waals surface area contributed by atoms with Gasteiger partial charge in [0.25, 0.3) is 0 Å². The van der Waals surface area contributed by atoms with Gasteiger partial charge in [-0.3, -0.25) is 4.72 Å². The fourth-order valence-corrected chi connectivity index (χ4v) is 3.00. The quantitative estimate of drug-likeness (QED) is 0.798. The molecule has 1 fully saturated rings. The third-order valence-corrected chi connectivity index (χ3v) is 3.99. The summed E-state index contributed by atoms with van der Waals surface area (Å²) in [5.74, 6) is 0. The van der Waals surface area contributed by atoms with Crippen molar-refractivity contribution in [2.24, 2.45) is 0 Å². The molecule has 1 aliphatic rings. The fourth-order valence-electron chi connectivity index (χ4n) is 2.44. The highest BCUT2D eigenvalue weighted by Gasteiger charge is 2.15. The Kier molecular flexibility index (Phi) is 5.06. The van der Waals surface area contributed by atoms with Crippen LogP contribution in [0.2, 0.25) is 0 Å². The normalized spacial score (nSPS) is 16.2. The summed E-state index contributed by atoms with van der Waals surface area (Å²) in [6, 6.07) is 6.58. The van der Waals surface area contributed by atoms with Crippen molar-refractivity contribution in [3.05, 3.63) is 24.3 Å².